The van der Waals surface area contributed by atoms with Gasteiger partial charge in [-0.15, -0.1) is 0 Å². The molecule has 1 heteroatoms. The second-order valence-electron chi connectivity index (χ2n) is 4.21. The van der Waals surface area contributed by atoms with Crippen LogP contribution >= 0.6 is 0 Å². The van der Waals surface area contributed by atoms with Crippen LogP contribution in [0.2, 0.25) is 0 Å². The molecule has 0 saturated carbocycles. The van der Waals surface area contributed by atoms with Crippen LogP contribution in [0, 0.1) is 0 Å². The Balaban J connectivity index is 2.15. The summed E-state index contributed by atoms with van der Waals surface area (Å²) in [6.07, 6.45) is 6.35. The van der Waals surface area contributed by atoms with E-state index in [-0.39, 0.29) is 5.60 Å². The van der Waals surface area contributed by atoms with Crippen LogP contribution in [0.15, 0.2) is 11.6 Å². The fraction of sp³-hybridized carbons (Fsp3) is 0.818. The van der Waals surface area contributed by atoms with Crippen molar-refractivity contribution in [3.63, 3.8) is 0 Å². The quantitative estimate of drug-likeness (QED) is 0.463. The minimum atomic E-state index is 0.173. The third-order valence-electron chi connectivity index (χ3n) is 2.52. The van der Waals surface area contributed by atoms with E-state index in [0.29, 0.717) is 6.10 Å². The smallest absolute Gasteiger partial charge is 0.0892 e. The number of ether oxygens (including phenoxy) is 1. The number of epoxide rings is 1. The highest BCUT2D eigenvalue weighted by atomic mass is 16.6. The fourth-order valence-corrected chi connectivity index (χ4v) is 1.55. The van der Waals surface area contributed by atoms with E-state index in [1.807, 2.05) is 0 Å². The summed E-state index contributed by atoms with van der Waals surface area (Å²) in [5.74, 6) is 0. The van der Waals surface area contributed by atoms with Gasteiger partial charge in [0.15, 0.2) is 0 Å². The Bertz CT molecular complexity index is 179. The van der Waals surface area contributed by atoms with Gasteiger partial charge in [0.05, 0.1) is 11.7 Å². The zero-order valence-corrected chi connectivity index (χ0v) is 8.68. The van der Waals surface area contributed by atoms with Gasteiger partial charge in [-0.25, -0.2) is 0 Å². The van der Waals surface area contributed by atoms with Crippen LogP contribution in [0.25, 0.3) is 0 Å². The molecule has 70 valence electrons. The molecule has 1 atom stereocenters. The number of rotatable bonds is 4. The first-order valence-corrected chi connectivity index (χ1v) is 4.89. The normalized spacial score (nSPS) is 27.3. The van der Waals surface area contributed by atoms with Crippen molar-refractivity contribution in [2.75, 3.05) is 0 Å². The lowest BCUT2D eigenvalue weighted by Crippen LogP contribution is -2.02. The van der Waals surface area contributed by atoms with E-state index in [1.54, 1.807) is 0 Å². The van der Waals surface area contributed by atoms with Crippen molar-refractivity contribution in [2.24, 2.45) is 0 Å². The monoisotopic (exact) mass is 168 g/mol. The lowest BCUT2D eigenvalue weighted by Gasteiger charge is -1.98. The predicted molar refractivity (Wildman–Crippen MR) is 52.2 cm³/mol. The Morgan fingerprint density at radius 1 is 1.50 bits per heavy atom. The molecule has 1 unspecified atom stereocenters. The van der Waals surface area contributed by atoms with Crippen LogP contribution in [0.4, 0.5) is 0 Å². The highest BCUT2D eigenvalue weighted by molar-refractivity contribution is 5.02. The maximum Gasteiger partial charge on any atom is 0.0892 e. The molecule has 0 radical (unpaired) electrons. The van der Waals surface area contributed by atoms with Gasteiger partial charge in [0.1, 0.15) is 0 Å². The number of hydrogen-bond acceptors (Lipinski definition) is 1. The van der Waals surface area contributed by atoms with E-state index in [9.17, 15) is 0 Å². The van der Waals surface area contributed by atoms with E-state index >= 15 is 0 Å². The summed E-state index contributed by atoms with van der Waals surface area (Å²) in [6.45, 7) is 8.72. The average molecular weight is 168 g/mol. The first-order chi connectivity index (χ1) is 5.56. The Morgan fingerprint density at radius 3 is 2.50 bits per heavy atom. The maximum atomic E-state index is 5.51. The second-order valence-corrected chi connectivity index (χ2v) is 4.21. The van der Waals surface area contributed by atoms with Crippen molar-refractivity contribution in [1.29, 1.82) is 0 Å². The molecule has 1 aliphatic heterocycles. The van der Waals surface area contributed by atoms with Gasteiger partial charge in [-0.3, -0.25) is 0 Å². The van der Waals surface area contributed by atoms with Crippen molar-refractivity contribution in [1.82, 2.24) is 0 Å². The first-order valence-electron chi connectivity index (χ1n) is 4.89. The van der Waals surface area contributed by atoms with Crippen LogP contribution < -0.4 is 0 Å². The highest BCUT2D eigenvalue weighted by Crippen LogP contribution is 2.38. The summed E-state index contributed by atoms with van der Waals surface area (Å²) in [7, 11) is 0. The summed E-state index contributed by atoms with van der Waals surface area (Å²) in [4.78, 5) is 0. The molecule has 1 rings (SSSR count). The van der Waals surface area contributed by atoms with Crippen molar-refractivity contribution in [3.8, 4) is 0 Å². The molecule has 0 aromatic heterocycles. The minimum absolute atomic E-state index is 0.173. The molecular formula is C11H20O. The molecular weight excluding hydrogens is 148 g/mol. The summed E-state index contributed by atoms with van der Waals surface area (Å²) in [6, 6.07) is 0. The van der Waals surface area contributed by atoms with Crippen LogP contribution in [0.1, 0.15) is 47.0 Å². The molecule has 0 aromatic rings. The van der Waals surface area contributed by atoms with Crippen molar-refractivity contribution < 1.29 is 4.74 Å². The molecule has 0 spiro atoms. The largest absolute Gasteiger partial charge is 0.367 e. The molecule has 0 amide bonds. The van der Waals surface area contributed by atoms with E-state index in [0.717, 1.165) is 6.42 Å². The van der Waals surface area contributed by atoms with Crippen LogP contribution in [0.3, 0.4) is 0 Å². The van der Waals surface area contributed by atoms with Crippen molar-refractivity contribution in [2.45, 2.75) is 58.7 Å². The summed E-state index contributed by atoms with van der Waals surface area (Å²) >= 11 is 0. The Labute approximate surface area is 75.8 Å². The lowest BCUT2D eigenvalue weighted by molar-refractivity contribution is 0.320. The molecule has 0 bridgehead atoms. The number of hydrogen-bond donors (Lipinski definition) is 0. The lowest BCUT2D eigenvalue weighted by atomic mass is 10.0. The molecule has 1 saturated heterocycles. The Kier molecular flexibility index (Phi) is 2.94. The van der Waals surface area contributed by atoms with Gasteiger partial charge < -0.3 is 4.74 Å². The standard InChI is InChI=1S/C11H20O/c1-5-6-9(2)7-8-10-11(3,4)12-10/h6,10H,5,7-8H2,1-4H3/b9-6+. The van der Waals surface area contributed by atoms with Gasteiger partial charge in [0, 0.05) is 0 Å². The summed E-state index contributed by atoms with van der Waals surface area (Å²) < 4.78 is 5.51. The maximum absolute atomic E-state index is 5.51. The van der Waals surface area contributed by atoms with E-state index < -0.39 is 0 Å². The van der Waals surface area contributed by atoms with Crippen molar-refractivity contribution in [3.05, 3.63) is 11.6 Å². The molecule has 0 aliphatic carbocycles. The van der Waals surface area contributed by atoms with E-state index in [1.165, 1.54) is 18.4 Å². The van der Waals surface area contributed by atoms with Gasteiger partial charge in [0.2, 0.25) is 0 Å². The first kappa shape index (κ1) is 9.79. The molecule has 1 nitrogen and oxygen atoms in total. The van der Waals surface area contributed by atoms with Gasteiger partial charge >= 0.3 is 0 Å². The highest BCUT2D eigenvalue weighted by Gasteiger charge is 2.46. The van der Waals surface area contributed by atoms with Gasteiger partial charge in [-0.2, -0.15) is 0 Å². The number of allylic oxidation sites excluding steroid dienone is 2. The topological polar surface area (TPSA) is 12.5 Å². The third kappa shape index (κ3) is 2.63. The Morgan fingerprint density at radius 2 is 2.08 bits per heavy atom. The molecule has 0 aromatic carbocycles. The molecule has 12 heavy (non-hydrogen) atoms. The average Bonchev–Trinajstić information content (AvgIpc) is 2.56. The summed E-state index contributed by atoms with van der Waals surface area (Å²) in [5, 5.41) is 0. The molecule has 1 fully saturated rings. The van der Waals surface area contributed by atoms with E-state index in [2.05, 4.69) is 33.8 Å². The minimum Gasteiger partial charge on any atom is -0.367 e. The van der Waals surface area contributed by atoms with Gasteiger partial charge in [0.25, 0.3) is 0 Å². The predicted octanol–water partition coefficient (Wildman–Crippen LogP) is 3.30. The SMILES string of the molecule is CC/C=C(\C)CCC1OC1(C)C. The van der Waals surface area contributed by atoms with Crippen LogP contribution in [-0.4, -0.2) is 11.7 Å². The van der Waals surface area contributed by atoms with Crippen LogP contribution in [-0.2, 0) is 4.74 Å². The van der Waals surface area contributed by atoms with Crippen molar-refractivity contribution >= 4 is 0 Å². The molecule has 1 heterocycles. The summed E-state index contributed by atoms with van der Waals surface area (Å²) in [5.41, 5.74) is 1.68. The van der Waals surface area contributed by atoms with Gasteiger partial charge in [-0.1, -0.05) is 18.6 Å². The third-order valence-corrected chi connectivity index (χ3v) is 2.52. The zero-order valence-electron chi connectivity index (χ0n) is 8.68. The van der Waals surface area contributed by atoms with Gasteiger partial charge in [-0.05, 0) is 40.0 Å². The molecule has 0 N–H and O–H groups in total. The molecule has 1 aliphatic rings. The second kappa shape index (κ2) is 3.61. The van der Waals surface area contributed by atoms with Crippen LogP contribution in [0.5, 0.6) is 0 Å². The van der Waals surface area contributed by atoms with E-state index in [4.69, 9.17) is 4.74 Å². The fourth-order valence-electron chi connectivity index (χ4n) is 1.55. The zero-order chi connectivity index (χ0) is 9.19. The Hall–Kier alpha value is -0.300.